The van der Waals surface area contributed by atoms with Crippen LogP contribution in [0.1, 0.15) is 107 Å². The van der Waals surface area contributed by atoms with Gasteiger partial charge in [0.2, 0.25) is 0 Å². The minimum absolute atomic E-state index is 0.124. The number of nitrogen functional groups attached to an aromatic ring is 3. The van der Waals surface area contributed by atoms with Crippen molar-refractivity contribution < 1.29 is 19.1 Å². The molecule has 26 heteroatoms. The lowest BCUT2D eigenvalue weighted by Gasteiger charge is -2.27. The second kappa shape index (κ2) is 28.2. The van der Waals surface area contributed by atoms with Gasteiger partial charge in [0.05, 0.1) is 84.2 Å². The maximum atomic E-state index is 12.6. The van der Waals surface area contributed by atoms with Crippen molar-refractivity contribution in [2.24, 2.45) is 5.92 Å². The van der Waals surface area contributed by atoms with Crippen LogP contribution in [0.3, 0.4) is 0 Å². The van der Waals surface area contributed by atoms with Gasteiger partial charge in [-0.1, -0.05) is 0 Å². The number of ether oxygens (including phenoxy) is 1. The molecule has 4 aliphatic heterocycles. The summed E-state index contributed by atoms with van der Waals surface area (Å²) in [6.45, 7) is 17.8. The van der Waals surface area contributed by atoms with Gasteiger partial charge in [0.25, 0.3) is 17.7 Å². The van der Waals surface area contributed by atoms with Gasteiger partial charge in [-0.3, -0.25) is 19.3 Å². The number of rotatable bonds is 15. The average Bonchev–Trinajstić information content (AvgIpc) is 1.89. The first-order valence-electron chi connectivity index (χ1n) is 33.1. The zero-order valence-corrected chi connectivity index (χ0v) is 55.5. The Hall–Kier alpha value is -9.86. The van der Waals surface area contributed by atoms with Gasteiger partial charge in [0, 0.05) is 113 Å². The molecule has 26 nitrogen and oxygen atoms in total. The number of nitrogens with zero attached hydrogens (tertiary/aromatic N) is 16. The van der Waals surface area contributed by atoms with E-state index in [1.54, 1.807) is 37.2 Å². The zero-order valence-electron chi connectivity index (χ0n) is 55.5. The fourth-order valence-corrected chi connectivity index (χ4v) is 12.8. The van der Waals surface area contributed by atoms with Crippen LogP contribution in [-0.2, 0) is 43.6 Å². The topological polar surface area (TPSA) is 318 Å². The molecular formula is C70H84N22O4. The van der Waals surface area contributed by atoms with Gasteiger partial charge < -0.3 is 52.6 Å². The number of anilines is 3. The second-order valence-electron chi connectivity index (χ2n) is 26.3. The molecular weight excluding hydrogens is 1210 g/mol. The average molecular weight is 1300 g/mol. The molecule has 3 fully saturated rings. The number of carbonyl (C=O) groups is 3. The Kier molecular flexibility index (Phi) is 19.1. The zero-order chi connectivity index (χ0) is 66.7. The number of likely N-dealkylation sites (N-methyl/N-ethyl adjacent to an activating group) is 3. The van der Waals surface area contributed by atoms with Gasteiger partial charge >= 0.3 is 0 Å². The Balaban J connectivity index is 0.000000131. The van der Waals surface area contributed by atoms with E-state index in [1.807, 2.05) is 0 Å². The maximum absolute atomic E-state index is 12.6. The molecule has 0 unspecified atom stereocenters. The fraction of sp³-hybridized carbons (Fsp3) is 0.400. The van der Waals surface area contributed by atoms with Gasteiger partial charge in [-0.05, 0) is 179 Å². The van der Waals surface area contributed by atoms with Crippen LogP contribution in [0, 0.1) is 26.7 Å². The van der Waals surface area contributed by atoms with E-state index in [4.69, 9.17) is 36.9 Å². The van der Waals surface area contributed by atoms with Crippen LogP contribution in [0.4, 0.5) is 17.5 Å². The maximum Gasteiger partial charge on any atom is 0.254 e. The Bertz CT molecular complexity index is 4370. The van der Waals surface area contributed by atoms with Gasteiger partial charge in [0.15, 0.2) is 34.9 Å². The normalized spacial score (nSPS) is 16.4. The summed E-state index contributed by atoms with van der Waals surface area (Å²) < 4.78 is 9.92. The standard InChI is InChI=1S/C25H32N8O2.C23H27N7O.C22H25N7O/c1-17-11-18(12-19-15-31(2)5-3-21(17)19)22-14-28-23(26)24(30-22)33-16-20(13-29-33)25(34)27-4-6-32-7-9-35-10-8-32;1-14-7-16(8-17-12-29(2)6-5-19(14)17)20-11-25-21(24)22(28-20)30-13-18(10-27-30)23(31)26-9-15-3-4-15;1-13-7-14(8-15-11-28(2)6-5-18(13)15)19-10-24-20(23)21(27-19)29-12-16(9-25-29)22(30)26-17-3-4-17/h11-14,16H,3-10,15H2,1-2H3,(H2,26,28)(H,27,34);7-8,10-11,13,15H,3-6,9,12H2,1-2H3,(H2,24,25)(H,26,31);7-10,12,17H,3-6,11H2,1-2H3,(H2,23,24)(H,26,30). The molecule has 0 atom stereocenters. The van der Waals surface area contributed by atoms with Crippen molar-refractivity contribution >= 4 is 35.2 Å². The SMILES string of the molecule is Cc1cc(-c2cnc(N)c(-n3cc(C(=O)NC4CC4)cn3)n2)cc2c1CCN(C)C2.Cc1cc(-c2cnc(N)c(-n3cc(C(=O)NCC4CC4)cn3)n2)cc2c1CCN(C)C2.Cc1cc(-c2cnc(N)c(-n3cc(C(=O)NCCN4CCOCC4)cn3)n2)cc2c1CCN(C)C2. The molecule has 3 amide bonds. The minimum atomic E-state index is -0.179. The summed E-state index contributed by atoms with van der Waals surface area (Å²) in [5.41, 5.74) is 37.1. The molecule has 1 saturated heterocycles. The number of fused-ring (bicyclic) bond motifs is 3. The molecule has 9 N–H and O–H groups in total. The smallest absolute Gasteiger partial charge is 0.254 e. The van der Waals surface area contributed by atoms with E-state index >= 15 is 0 Å². The molecule has 0 radical (unpaired) electrons. The number of amides is 3. The molecule has 6 aromatic heterocycles. The summed E-state index contributed by atoms with van der Waals surface area (Å²) in [5.74, 6) is 2.23. The highest BCUT2D eigenvalue weighted by molar-refractivity contribution is 5.95. The van der Waals surface area contributed by atoms with E-state index in [0.29, 0.717) is 59.2 Å². The molecule has 6 aliphatic rings. The molecule has 15 rings (SSSR count). The Morgan fingerprint density at radius 1 is 0.500 bits per heavy atom. The highest BCUT2D eigenvalue weighted by Gasteiger charge is 2.27. The number of aromatic nitrogens is 12. The summed E-state index contributed by atoms with van der Waals surface area (Å²) in [7, 11) is 6.42. The number of aryl methyl sites for hydroxylation is 3. The molecule has 10 heterocycles. The number of morpholine rings is 1. The first-order chi connectivity index (χ1) is 46.4. The van der Waals surface area contributed by atoms with Crippen LogP contribution in [-0.4, -0.2) is 189 Å². The number of hydrogen-bond acceptors (Lipinski definition) is 20. The van der Waals surface area contributed by atoms with Gasteiger partial charge in [-0.15, -0.1) is 0 Å². The third-order valence-electron chi connectivity index (χ3n) is 18.6. The van der Waals surface area contributed by atoms with E-state index in [0.717, 1.165) is 138 Å². The summed E-state index contributed by atoms with van der Waals surface area (Å²) in [6, 6.07) is 13.4. The third kappa shape index (κ3) is 15.1. The fourth-order valence-electron chi connectivity index (χ4n) is 12.8. The van der Waals surface area contributed by atoms with E-state index < -0.39 is 0 Å². The molecule has 2 aliphatic carbocycles. The lowest BCUT2D eigenvalue weighted by molar-refractivity contribution is 0.0383. The van der Waals surface area contributed by atoms with Gasteiger partial charge in [-0.2, -0.15) is 15.3 Å². The van der Waals surface area contributed by atoms with Crippen LogP contribution in [0.2, 0.25) is 0 Å². The van der Waals surface area contributed by atoms with Crippen molar-refractivity contribution in [3.63, 3.8) is 0 Å². The second-order valence-corrected chi connectivity index (χ2v) is 26.3. The highest BCUT2D eigenvalue weighted by atomic mass is 16.5. The molecule has 96 heavy (non-hydrogen) atoms. The van der Waals surface area contributed by atoms with Crippen LogP contribution < -0.4 is 33.2 Å². The van der Waals surface area contributed by atoms with Crippen LogP contribution >= 0.6 is 0 Å². The summed E-state index contributed by atoms with van der Waals surface area (Å²) in [4.78, 5) is 73.8. The molecule has 2 saturated carbocycles. The summed E-state index contributed by atoms with van der Waals surface area (Å²) in [6.07, 6.45) is 22.3. The summed E-state index contributed by atoms with van der Waals surface area (Å²) in [5, 5.41) is 21.8. The van der Waals surface area contributed by atoms with Crippen molar-refractivity contribution in [2.75, 3.05) is 104 Å². The van der Waals surface area contributed by atoms with Gasteiger partial charge in [-0.25, -0.2) is 43.9 Å². The van der Waals surface area contributed by atoms with Crippen molar-refractivity contribution in [1.82, 2.24) is 94.8 Å². The first-order valence-corrected chi connectivity index (χ1v) is 33.1. The number of nitrogens with one attached hydrogen (secondary N) is 3. The van der Waals surface area contributed by atoms with E-state index in [-0.39, 0.29) is 35.2 Å². The van der Waals surface area contributed by atoms with Gasteiger partial charge in [0.1, 0.15) is 0 Å². The van der Waals surface area contributed by atoms with Crippen molar-refractivity contribution in [2.45, 2.75) is 91.4 Å². The summed E-state index contributed by atoms with van der Waals surface area (Å²) >= 11 is 0. The predicted octanol–water partition coefficient (Wildman–Crippen LogP) is 5.72. The molecule has 498 valence electrons. The molecule has 3 aromatic carbocycles. The number of hydrogen-bond donors (Lipinski definition) is 6. The quantitative estimate of drug-likeness (QED) is 0.0715. The van der Waals surface area contributed by atoms with Crippen LogP contribution in [0.15, 0.2) is 92.2 Å². The number of benzene rings is 3. The van der Waals surface area contributed by atoms with Crippen molar-refractivity contribution in [3.05, 3.63) is 159 Å². The highest BCUT2D eigenvalue weighted by Crippen LogP contribution is 2.33. The van der Waals surface area contributed by atoms with Crippen LogP contribution in [0.25, 0.3) is 51.2 Å². The van der Waals surface area contributed by atoms with Crippen LogP contribution in [0.5, 0.6) is 0 Å². The lowest BCUT2D eigenvalue weighted by Crippen LogP contribution is -2.41. The number of nitrogens with two attached hydrogens (primary N) is 3. The van der Waals surface area contributed by atoms with E-state index in [9.17, 15) is 14.4 Å². The largest absolute Gasteiger partial charge is 0.381 e. The van der Waals surface area contributed by atoms with Crippen molar-refractivity contribution in [3.8, 4) is 51.2 Å². The lowest BCUT2D eigenvalue weighted by atomic mass is 9.92. The predicted molar refractivity (Wildman–Crippen MR) is 366 cm³/mol. The monoisotopic (exact) mass is 1300 g/mol. The Labute approximate surface area is 558 Å². The third-order valence-corrected chi connectivity index (χ3v) is 18.6. The van der Waals surface area contributed by atoms with E-state index in [1.165, 1.54) is 95.5 Å². The first kappa shape index (κ1) is 64.8. The molecule has 0 bridgehead atoms. The molecule has 0 spiro atoms. The Morgan fingerprint density at radius 3 is 1.27 bits per heavy atom. The van der Waals surface area contributed by atoms with E-state index in [2.05, 4.69) is 144 Å². The Morgan fingerprint density at radius 2 is 0.885 bits per heavy atom. The number of carbonyl (C=O) groups excluding carboxylic acids is 3. The molecule has 9 aromatic rings. The van der Waals surface area contributed by atoms with Crippen molar-refractivity contribution in [1.29, 1.82) is 0 Å². The minimum Gasteiger partial charge on any atom is -0.381 e.